The minimum absolute atomic E-state index is 0.0612. The SMILES string of the molecule is O=c1cc(N2CCCC2)cnn1Cc1ccc(Cl)s1. The number of rotatable bonds is 3. The molecule has 1 fully saturated rings. The minimum atomic E-state index is -0.0612. The Balaban J connectivity index is 1.81. The molecule has 2 aromatic heterocycles. The van der Waals surface area contributed by atoms with Gasteiger partial charge in [0, 0.05) is 24.0 Å². The number of aromatic nitrogens is 2. The van der Waals surface area contributed by atoms with Gasteiger partial charge in [0.1, 0.15) is 0 Å². The van der Waals surface area contributed by atoms with Crippen LogP contribution in [-0.2, 0) is 6.54 Å². The van der Waals surface area contributed by atoms with Crippen LogP contribution in [0.5, 0.6) is 0 Å². The molecule has 6 heteroatoms. The summed E-state index contributed by atoms with van der Waals surface area (Å²) < 4.78 is 2.21. The molecule has 1 saturated heterocycles. The maximum atomic E-state index is 12.1. The Morgan fingerprint density at radius 2 is 2.11 bits per heavy atom. The molecule has 3 rings (SSSR count). The largest absolute Gasteiger partial charge is 0.370 e. The zero-order valence-corrected chi connectivity index (χ0v) is 12.0. The van der Waals surface area contributed by atoms with Crippen molar-refractivity contribution < 1.29 is 0 Å². The first-order valence-corrected chi connectivity index (χ1v) is 7.48. The van der Waals surface area contributed by atoms with Crippen molar-refractivity contribution in [1.29, 1.82) is 0 Å². The molecule has 0 N–H and O–H groups in total. The maximum Gasteiger partial charge on any atom is 0.269 e. The van der Waals surface area contributed by atoms with Crippen molar-refractivity contribution in [3.63, 3.8) is 0 Å². The highest BCUT2D eigenvalue weighted by atomic mass is 35.5. The van der Waals surface area contributed by atoms with Crippen LogP contribution in [0.3, 0.4) is 0 Å². The Morgan fingerprint density at radius 3 is 2.74 bits per heavy atom. The van der Waals surface area contributed by atoms with Gasteiger partial charge in [-0.1, -0.05) is 11.6 Å². The summed E-state index contributed by atoms with van der Waals surface area (Å²) in [6, 6.07) is 5.44. The topological polar surface area (TPSA) is 38.1 Å². The molecule has 0 atom stereocenters. The van der Waals surface area contributed by atoms with E-state index in [1.54, 1.807) is 12.3 Å². The van der Waals surface area contributed by atoms with Gasteiger partial charge in [-0.05, 0) is 25.0 Å². The number of nitrogens with zero attached hydrogens (tertiary/aromatic N) is 3. The van der Waals surface area contributed by atoms with Gasteiger partial charge in [0.2, 0.25) is 0 Å². The van der Waals surface area contributed by atoms with Crippen LogP contribution in [0.1, 0.15) is 17.7 Å². The van der Waals surface area contributed by atoms with Gasteiger partial charge in [0.15, 0.2) is 0 Å². The summed E-state index contributed by atoms with van der Waals surface area (Å²) in [5.41, 5.74) is 0.872. The van der Waals surface area contributed by atoms with E-state index in [1.165, 1.54) is 28.9 Å². The third-order valence-corrected chi connectivity index (χ3v) is 4.48. The number of thiophene rings is 1. The molecule has 4 nitrogen and oxygen atoms in total. The summed E-state index contributed by atoms with van der Waals surface area (Å²) in [7, 11) is 0. The monoisotopic (exact) mass is 295 g/mol. The van der Waals surface area contributed by atoms with Gasteiger partial charge in [0.05, 0.1) is 22.8 Å². The standard InChI is InChI=1S/C13H14ClN3OS/c14-12-4-3-11(19-12)9-17-13(18)7-10(8-15-17)16-5-1-2-6-16/h3-4,7-8H,1-2,5-6,9H2. The molecular weight excluding hydrogens is 282 g/mol. The fourth-order valence-corrected chi connectivity index (χ4v) is 3.35. The second-order valence-corrected chi connectivity index (χ2v) is 6.41. The van der Waals surface area contributed by atoms with Crippen molar-refractivity contribution in [2.75, 3.05) is 18.0 Å². The van der Waals surface area contributed by atoms with E-state index in [4.69, 9.17) is 11.6 Å². The van der Waals surface area contributed by atoms with Gasteiger partial charge in [-0.3, -0.25) is 4.79 Å². The first-order valence-electron chi connectivity index (χ1n) is 6.29. The zero-order chi connectivity index (χ0) is 13.2. The Morgan fingerprint density at radius 1 is 1.32 bits per heavy atom. The molecule has 2 aromatic rings. The molecule has 0 amide bonds. The molecular formula is C13H14ClN3OS. The lowest BCUT2D eigenvalue weighted by atomic mass is 10.4. The summed E-state index contributed by atoms with van der Waals surface area (Å²) in [6.07, 6.45) is 4.16. The van der Waals surface area contributed by atoms with E-state index >= 15 is 0 Å². The number of anilines is 1. The second-order valence-electron chi connectivity index (χ2n) is 4.61. The molecule has 0 unspecified atom stereocenters. The van der Waals surface area contributed by atoms with Gasteiger partial charge in [-0.2, -0.15) is 5.10 Å². The lowest BCUT2D eigenvalue weighted by molar-refractivity contribution is 0.643. The summed E-state index contributed by atoms with van der Waals surface area (Å²) in [4.78, 5) is 15.3. The van der Waals surface area contributed by atoms with Crippen molar-refractivity contribution in [3.8, 4) is 0 Å². The molecule has 0 saturated carbocycles. The Bertz CT molecular complexity index is 631. The lowest BCUT2D eigenvalue weighted by Crippen LogP contribution is -2.26. The van der Waals surface area contributed by atoms with Gasteiger partial charge in [-0.15, -0.1) is 11.3 Å². The molecule has 3 heterocycles. The highest BCUT2D eigenvalue weighted by molar-refractivity contribution is 7.16. The van der Waals surface area contributed by atoms with E-state index in [0.29, 0.717) is 6.54 Å². The van der Waals surface area contributed by atoms with Crippen molar-refractivity contribution in [3.05, 3.63) is 44.0 Å². The molecule has 1 aliphatic heterocycles. The van der Waals surface area contributed by atoms with Crippen LogP contribution >= 0.6 is 22.9 Å². The van der Waals surface area contributed by atoms with Crippen LogP contribution in [0.25, 0.3) is 0 Å². The van der Waals surface area contributed by atoms with E-state index in [2.05, 4.69) is 10.00 Å². The fraction of sp³-hybridized carbons (Fsp3) is 0.385. The van der Waals surface area contributed by atoms with Crippen LogP contribution in [-0.4, -0.2) is 22.9 Å². The maximum absolute atomic E-state index is 12.1. The van der Waals surface area contributed by atoms with Crippen LogP contribution < -0.4 is 10.5 Å². The van der Waals surface area contributed by atoms with Crippen LogP contribution in [0.2, 0.25) is 4.34 Å². The summed E-state index contributed by atoms with van der Waals surface area (Å²) >= 11 is 7.36. The van der Waals surface area contributed by atoms with Gasteiger partial charge < -0.3 is 4.90 Å². The third kappa shape index (κ3) is 2.82. The first-order chi connectivity index (χ1) is 9.22. The Labute approximate surface area is 120 Å². The normalized spacial score (nSPS) is 15.1. The van der Waals surface area contributed by atoms with Crippen LogP contribution in [0, 0.1) is 0 Å². The highest BCUT2D eigenvalue weighted by Crippen LogP contribution is 2.22. The van der Waals surface area contributed by atoms with Crippen molar-refractivity contribution in [1.82, 2.24) is 9.78 Å². The van der Waals surface area contributed by atoms with E-state index in [0.717, 1.165) is 28.0 Å². The second kappa shape index (κ2) is 5.35. The number of hydrogen-bond donors (Lipinski definition) is 0. The molecule has 1 aliphatic rings. The van der Waals surface area contributed by atoms with E-state index < -0.39 is 0 Å². The molecule has 0 bridgehead atoms. The van der Waals surface area contributed by atoms with Crippen LogP contribution in [0.15, 0.2) is 29.2 Å². The highest BCUT2D eigenvalue weighted by Gasteiger charge is 2.13. The molecule has 0 aliphatic carbocycles. The summed E-state index contributed by atoms with van der Waals surface area (Å²) in [6.45, 7) is 2.52. The summed E-state index contributed by atoms with van der Waals surface area (Å²) in [5.74, 6) is 0. The van der Waals surface area contributed by atoms with Crippen molar-refractivity contribution in [2.24, 2.45) is 0 Å². The minimum Gasteiger partial charge on any atom is -0.370 e. The third-order valence-electron chi connectivity index (χ3n) is 3.26. The Kier molecular flexibility index (Phi) is 3.57. The van der Waals surface area contributed by atoms with Crippen molar-refractivity contribution >= 4 is 28.6 Å². The molecule has 0 radical (unpaired) electrons. The van der Waals surface area contributed by atoms with E-state index in [9.17, 15) is 4.79 Å². The molecule has 19 heavy (non-hydrogen) atoms. The van der Waals surface area contributed by atoms with E-state index in [-0.39, 0.29) is 5.56 Å². The average Bonchev–Trinajstić information content (AvgIpc) is 3.03. The zero-order valence-electron chi connectivity index (χ0n) is 10.4. The average molecular weight is 296 g/mol. The van der Waals surface area contributed by atoms with Gasteiger partial charge in [0.25, 0.3) is 5.56 Å². The molecule has 0 aromatic carbocycles. The number of hydrogen-bond acceptors (Lipinski definition) is 4. The summed E-state index contributed by atoms with van der Waals surface area (Å²) in [5, 5.41) is 4.25. The van der Waals surface area contributed by atoms with Gasteiger partial charge >= 0.3 is 0 Å². The molecule has 100 valence electrons. The molecule has 0 spiro atoms. The van der Waals surface area contributed by atoms with Crippen LogP contribution in [0.4, 0.5) is 5.69 Å². The Hall–Kier alpha value is -1.33. The quantitative estimate of drug-likeness (QED) is 0.873. The fourth-order valence-electron chi connectivity index (χ4n) is 2.28. The predicted octanol–water partition coefficient (Wildman–Crippen LogP) is 2.61. The van der Waals surface area contributed by atoms with Crippen molar-refractivity contribution in [2.45, 2.75) is 19.4 Å². The number of halogens is 1. The van der Waals surface area contributed by atoms with E-state index in [1.807, 2.05) is 12.1 Å². The first kappa shape index (κ1) is 12.7. The predicted molar refractivity (Wildman–Crippen MR) is 78.4 cm³/mol. The smallest absolute Gasteiger partial charge is 0.269 e. The van der Waals surface area contributed by atoms with Gasteiger partial charge in [-0.25, -0.2) is 4.68 Å². The lowest BCUT2D eigenvalue weighted by Gasteiger charge is -2.16.